The van der Waals surface area contributed by atoms with Crippen LogP contribution in [-0.4, -0.2) is 55.3 Å². The fraction of sp³-hybridized carbons (Fsp3) is 0.500. The van der Waals surface area contributed by atoms with Gasteiger partial charge in [-0.15, -0.1) is 0 Å². The van der Waals surface area contributed by atoms with E-state index in [0.29, 0.717) is 6.16 Å². The summed E-state index contributed by atoms with van der Waals surface area (Å²) in [6, 6.07) is 9.49. The Morgan fingerprint density at radius 1 is 0.885 bits per heavy atom. The van der Waals surface area contributed by atoms with Gasteiger partial charge in [-0.1, -0.05) is 30.3 Å². The molecular weight excluding hydrogens is 359 g/mol. The molecular formula is C18H23O7P. The third-order valence-electron chi connectivity index (χ3n) is 3.92. The van der Waals surface area contributed by atoms with Crippen LogP contribution < -0.4 is 5.30 Å². The lowest BCUT2D eigenvalue weighted by molar-refractivity contribution is -0.184. The number of methoxy groups -OCH3 is 1. The summed E-state index contributed by atoms with van der Waals surface area (Å²) < 4.78 is 21.9. The number of ether oxygens (including phenoxy) is 4. The Morgan fingerprint density at radius 2 is 1.46 bits per heavy atom. The highest BCUT2D eigenvalue weighted by atomic mass is 31.1. The minimum absolute atomic E-state index is 0.438. The standard InChI is InChI=1S/C18H23O7P/c1-11(19)23-15-10-26(14-8-6-5-7-9-14)18(25-13(3)21)17(16(15)22-4)24-12(2)20/h5-9,15-18H,10H2,1-4H3/t15-,16+,17-,18+,26?/m1/s1. The van der Waals surface area contributed by atoms with E-state index in [9.17, 15) is 14.4 Å². The molecule has 7 nitrogen and oxygen atoms in total. The minimum atomic E-state index is -1.11. The van der Waals surface area contributed by atoms with Crippen molar-refractivity contribution in [3.8, 4) is 0 Å². The van der Waals surface area contributed by atoms with E-state index in [1.165, 1.54) is 27.9 Å². The number of benzene rings is 1. The van der Waals surface area contributed by atoms with Crippen LogP contribution in [0.5, 0.6) is 0 Å². The third kappa shape index (κ3) is 5.02. The Balaban J connectivity index is 2.46. The van der Waals surface area contributed by atoms with Gasteiger partial charge in [-0.25, -0.2) is 0 Å². The highest BCUT2D eigenvalue weighted by Crippen LogP contribution is 2.50. The van der Waals surface area contributed by atoms with E-state index in [1.807, 2.05) is 30.3 Å². The van der Waals surface area contributed by atoms with E-state index < -0.39 is 50.0 Å². The second kappa shape index (κ2) is 9.10. The van der Waals surface area contributed by atoms with Crippen molar-refractivity contribution in [1.82, 2.24) is 0 Å². The SMILES string of the molecule is CO[C@@H]1[C@@H](OC(C)=O)[C@@H](OC(C)=O)P(c2ccccc2)C[C@H]1OC(C)=O. The zero-order valence-electron chi connectivity index (χ0n) is 15.2. The van der Waals surface area contributed by atoms with Crippen LogP contribution in [-0.2, 0) is 33.3 Å². The van der Waals surface area contributed by atoms with E-state index >= 15 is 0 Å². The smallest absolute Gasteiger partial charge is 0.303 e. The average molecular weight is 382 g/mol. The van der Waals surface area contributed by atoms with Crippen molar-refractivity contribution in [2.24, 2.45) is 0 Å². The largest absolute Gasteiger partial charge is 0.459 e. The van der Waals surface area contributed by atoms with Crippen molar-refractivity contribution < 1.29 is 33.3 Å². The molecule has 0 radical (unpaired) electrons. The summed E-state index contributed by atoms with van der Waals surface area (Å²) >= 11 is 0. The monoisotopic (exact) mass is 382 g/mol. The molecule has 1 unspecified atom stereocenters. The van der Waals surface area contributed by atoms with Gasteiger partial charge in [0, 0.05) is 34.0 Å². The number of esters is 3. The van der Waals surface area contributed by atoms with Crippen LogP contribution in [0, 0.1) is 0 Å². The number of carbonyl (C=O) groups excluding carboxylic acids is 3. The zero-order valence-corrected chi connectivity index (χ0v) is 16.1. The van der Waals surface area contributed by atoms with E-state index in [4.69, 9.17) is 18.9 Å². The van der Waals surface area contributed by atoms with Crippen LogP contribution in [0.3, 0.4) is 0 Å². The second-order valence-electron chi connectivity index (χ2n) is 5.91. The van der Waals surface area contributed by atoms with Crippen molar-refractivity contribution >= 4 is 31.1 Å². The molecule has 1 aliphatic rings. The number of rotatable bonds is 5. The van der Waals surface area contributed by atoms with Gasteiger partial charge < -0.3 is 18.9 Å². The molecule has 2 rings (SSSR count). The van der Waals surface area contributed by atoms with Crippen LogP contribution in [0.15, 0.2) is 30.3 Å². The first-order valence-electron chi connectivity index (χ1n) is 8.19. The summed E-state index contributed by atoms with van der Waals surface area (Å²) in [4.78, 5) is 34.9. The summed E-state index contributed by atoms with van der Waals surface area (Å²) in [5.74, 6) is -2.14. The Bertz CT molecular complexity index is 648. The number of carbonyl (C=O) groups is 3. The van der Waals surface area contributed by atoms with E-state index in [-0.39, 0.29) is 0 Å². The molecule has 0 aromatic heterocycles. The lowest BCUT2D eigenvalue weighted by atomic mass is 10.1. The van der Waals surface area contributed by atoms with Crippen molar-refractivity contribution in [3.05, 3.63) is 30.3 Å². The molecule has 0 spiro atoms. The van der Waals surface area contributed by atoms with Gasteiger partial charge in [0.2, 0.25) is 0 Å². The van der Waals surface area contributed by atoms with Crippen LogP contribution in [0.4, 0.5) is 0 Å². The summed E-state index contributed by atoms with van der Waals surface area (Å²) in [6.07, 6.45) is -1.77. The molecule has 0 bridgehead atoms. The second-order valence-corrected chi connectivity index (χ2v) is 8.24. The maximum atomic E-state index is 11.7. The van der Waals surface area contributed by atoms with Crippen molar-refractivity contribution in [2.75, 3.05) is 13.3 Å². The predicted octanol–water partition coefficient (Wildman–Crippen LogP) is 1.57. The van der Waals surface area contributed by atoms with Crippen molar-refractivity contribution in [2.45, 2.75) is 44.9 Å². The molecule has 1 fully saturated rings. The first kappa shape index (κ1) is 20.3. The Labute approximate surface area is 153 Å². The van der Waals surface area contributed by atoms with E-state index in [2.05, 4.69) is 0 Å². The lowest BCUT2D eigenvalue weighted by Crippen LogP contribution is -2.56. The van der Waals surface area contributed by atoms with Crippen molar-refractivity contribution in [1.29, 1.82) is 0 Å². The topological polar surface area (TPSA) is 88.1 Å². The molecule has 1 aliphatic heterocycles. The summed E-state index contributed by atoms with van der Waals surface area (Å²) in [5.41, 5.74) is 0. The highest BCUT2D eigenvalue weighted by molar-refractivity contribution is 7.66. The van der Waals surface area contributed by atoms with Gasteiger partial charge in [-0.05, 0) is 13.2 Å². The van der Waals surface area contributed by atoms with Gasteiger partial charge in [0.15, 0.2) is 11.9 Å². The molecule has 1 heterocycles. The molecule has 0 N–H and O–H groups in total. The molecule has 0 saturated carbocycles. The van der Waals surface area contributed by atoms with Crippen LogP contribution in [0.1, 0.15) is 20.8 Å². The van der Waals surface area contributed by atoms with Gasteiger partial charge in [0.05, 0.1) is 0 Å². The minimum Gasteiger partial charge on any atom is -0.459 e. The first-order chi connectivity index (χ1) is 12.3. The summed E-state index contributed by atoms with van der Waals surface area (Å²) in [5, 5.41) is 0.956. The first-order valence-corrected chi connectivity index (χ1v) is 9.79. The van der Waals surface area contributed by atoms with Crippen LogP contribution in [0.2, 0.25) is 0 Å². The van der Waals surface area contributed by atoms with E-state index in [0.717, 1.165) is 5.30 Å². The fourth-order valence-electron chi connectivity index (χ4n) is 3.05. The van der Waals surface area contributed by atoms with Crippen LogP contribution in [0.25, 0.3) is 0 Å². The lowest BCUT2D eigenvalue weighted by Gasteiger charge is -2.44. The molecule has 1 aromatic carbocycles. The maximum Gasteiger partial charge on any atom is 0.303 e. The molecule has 0 aliphatic carbocycles. The molecule has 1 aromatic rings. The zero-order chi connectivity index (χ0) is 19.3. The quantitative estimate of drug-likeness (QED) is 0.434. The van der Waals surface area contributed by atoms with Gasteiger partial charge in [0.1, 0.15) is 12.2 Å². The average Bonchev–Trinajstić information content (AvgIpc) is 2.56. The van der Waals surface area contributed by atoms with Gasteiger partial charge in [-0.2, -0.15) is 0 Å². The Morgan fingerprint density at radius 3 is 1.96 bits per heavy atom. The molecule has 8 heteroatoms. The predicted molar refractivity (Wildman–Crippen MR) is 95.3 cm³/mol. The van der Waals surface area contributed by atoms with E-state index in [1.54, 1.807) is 0 Å². The highest BCUT2D eigenvalue weighted by Gasteiger charge is 2.50. The van der Waals surface area contributed by atoms with Crippen molar-refractivity contribution in [3.63, 3.8) is 0 Å². The van der Waals surface area contributed by atoms with Gasteiger partial charge >= 0.3 is 17.9 Å². The molecule has 26 heavy (non-hydrogen) atoms. The van der Waals surface area contributed by atoms with Crippen LogP contribution >= 0.6 is 7.92 Å². The molecule has 5 atom stereocenters. The normalized spacial score (nSPS) is 28.1. The van der Waals surface area contributed by atoms with Gasteiger partial charge in [-0.3, -0.25) is 14.4 Å². The number of hydrogen-bond donors (Lipinski definition) is 0. The molecule has 1 saturated heterocycles. The summed E-state index contributed by atoms with van der Waals surface area (Å²) in [6.45, 7) is 3.90. The maximum absolute atomic E-state index is 11.7. The van der Waals surface area contributed by atoms with Gasteiger partial charge in [0.25, 0.3) is 0 Å². The summed E-state index contributed by atoms with van der Waals surface area (Å²) in [7, 11) is 0.331. The fourth-order valence-corrected chi connectivity index (χ4v) is 5.84. The Hall–Kier alpha value is -1.98. The molecule has 0 amide bonds. The Kier molecular flexibility index (Phi) is 7.12. The molecule has 142 valence electrons. The third-order valence-corrected chi connectivity index (χ3v) is 6.65. The number of hydrogen-bond acceptors (Lipinski definition) is 7.